The average Bonchev–Trinajstić information content (AvgIpc) is 3.05. The molecule has 0 aliphatic carbocycles. The van der Waals surface area contributed by atoms with E-state index in [0.717, 1.165) is 28.6 Å². The number of guanidine groups is 1. The molecule has 0 unspecified atom stereocenters. The van der Waals surface area contributed by atoms with E-state index in [2.05, 4.69) is 27.0 Å². The van der Waals surface area contributed by atoms with Crippen LogP contribution in [0, 0.1) is 0 Å². The van der Waals surface area contributed by atoms with Gasteiger partial charge < -0.3 is 15.0 Å². The molecule has 0 radical (unpaired) electrons. The number of nitrogens with one attached hydrogen (secondary N) is 1. The Labute approximate surface area is 173 Å². The van der Waals surface area contributed by atoms with Crippen LogP contribution in [0.3, 0.4) is 0 Å². The molecule has 9 heteroatoms. The highest BCUT2D eigenvalue weighted by Gasteiger charge is 2.09. The predicted octanol–water partition coefficient (Wildman–Crippen LogP) is 4.13. The topological polar surface area (TPSA) is 49.8 Å². The van der Waals surface area contributed by atoms with Crippen molar-refractivity contribution in [3.63, 3.8) is 0 Å². The fourth-order valence-electron chi connectivity index (χ4n) is 2.27. The smallest absolute Gasteiger partial charge is 0.387 e. The molecule has 5 nitrogen and oxygen atoms in total. The molecule has 0 amide bonds. The third-order valence-corrected chi connectivity index (χ3v) is 4.51. The fraction of sp³-hybridized carbons (Fsp3) is 0.412. The Morgan fingerprint density at radius 3 is 2.58 bits per heavy atom. The van der Waals surface area contributed by atoms with E-state index in [1.165, 1.54) is 12.1 Å². The molecule has 0 bridgehead atoms. The summed E-state index contributed by atoms with van der Waals surface area (Å²) in [6, 6.07) is 6.59. The van der Waals surface area contributed by atoms with Crippen molar-refractivity contribution in [3.8, 4) is 5.75 Å². The number of halogens is 3. The molecule has 0 aliphatic heterocycles. The Kier molecular flexibility index (Phi) is 9.78. The van der Waals surface area contributed by atoms with Gasteiger partial charge in [-0.15, -0.1) is 35.3 Å². The Balaban J connectivity index is 0.00000338. The number of hydrogen-bond acceptors (Lipinski definition) is 4. The zero-order valence-corrected chi connectivity index (χ0v) is 18.1. The lowest BCUT2D eigenvalue weighted by molar-refractivity contribution is -0.0498. The van der Waals surface area contributed by atoms with Crippen molar-refractivity contribution in [2.45, 2.75) is 33.0 Å². The molecule has 0 spiro atoms. The van der Waals surface area contributed by atoms with Gasteiger partial charge in [-0.3, -0.25) is 4.99 Å². The van der Waals surface area contributed by atoms with E-state index in [0.29, 0.717) is 13.1 Å². The Morgan fingerprint density at radius 2 is 2.04 bits per heavy atom. The van der Waals surface area contributed by atoms with Crippen molar-refractivity contribution in [2.24, 2.45) is 4.99 Å². The van der Waals surface area contributed by atoms with Gasteiger partial charge in [0.25, 0.3) is 0 Å². The molecular weight excluding hydrogens is 473 g/mol. The number of benzene rings is 1. The monoisotopic (exact) mass is 496 g/mol. The minimum absolute atomic E-state index is 0. The van der Waals surface area contributed by atoms with Crippen LogP contribution in [0.4, 0.5) is 8.78 Å². The summed E-state index contributed by atoms with van der Waals surface area (Å²) in [4.78, 5) is 10.7. The molecule has 1 aromatic carbocycles. The Morgan fingerprint density at radius 1 is 1.35 bits per heavy atom. The first-order valence-electron chi connectivity index (χ1n) is 7.90. The van der Waals surface area contributed by atoms with Crippen LogP contribution in [0.2, 0.25) is 0 Å². The molecule has 0 atom stereocenters. The SMILES string of the molecule is CCc1nc(CNC(=NC)N(C)Cc2ccc(OC(F)F)cc2)cs1.I. The summed E-state index contributed by atoms with van der Waals surface area (Å²) in [5.41, 5.74) is 1.96. The largest absolute Gasteiger partial charge is 0.435 e. The van der Waals surface area contributed by atoms with Gasteiger partial charge in [-0.2, -0.15) is 8.78 Å². The van der Waals surface area contributed by atoms with Crippen molar-refractivity contribution in [2.75, 3.05) is 14.1 Å². The lowest BCUT2D eigenvalue weighted by atomic mass is 10.2. The van der Waals surface area contributed by atoms with Gasteiger partial charge in [-0.05, 0) is 24.1 Å². The van der Waals surface area contributed by atoms with E-state index >= 15 is 0 Å². The number of hydrogen-bond donors (Lipinski definition) is 1. The van der Waals surface area contributed by atoms with E-state index in [4.69, 9.17) is 0 Å². The number of nitrogens with zero attached hydrogens (tertiary/aromatic N) is 3. The van der Waals surface area contributed by atoms with Crippen LogP contribution >= 0.6 is 35.3 Å². The number of aryl methyl sites for hydroxylation is 1. The van der Waals surface area contributed by atoms with Gasteiger partial charge in [0.15, 0.2) is 5.96 Å². The van der Waals surface area contributed by atoms with Gasteiger partial charge in [-0.25, -0.2) is 4.98 Å². The van der Waals surface area contributed by atoms with Crippen LogP contribution in [-0.4, -0.2) is 36.6 Å². The van der Waals surface area contributed by atoms with Crippen molar-refractivity contribution >= 4 is 41.3 Å². The summed E-state index contributed by atoms with van der Waals surface area (Å²) >= 11 is 1.66. The molecule has 0 fully saturated rings. The molecule has 26 heavy (non-hydrogen) atoms. The number of rotatable bonds is 7. The second kappa shape index (κ2) is 11.3. The second-order valence-corrected chi connectivity index (χ2v) is 6.31. The van der Waals surface area contributed by atoms with Crippen LogP contribution < -0.4 is 10.1 Å². The van der Waals surface area contributed by atoms with E-state index in [1.54, 1.807) is 30.5 Å². The maximum atomic E-state index is 12.2. The first-order chi connectivity index (χ1) is 12.0. The van der Waals surface area contributed by atoms with E-state index < -0.39 is 6.61 Å². The fourth-order valence-corrected chi connectivity index (χ4v) is 3.02. The minimum Gasteiger partial charge on any atom is -0.435 e. The van der Waals surface area contributed by atoms with Gasteiger partial charge in [0.2, 0.25) is 0 Å². The first-order valence-corrected chi connectivity index (χ1v) is 8.78. The lowest BCUT2D eigenvalue weighted by Crippen LogP contribution is -2.38. The predicted molar refractivity (Wildman–Crippen MR) is 112 cm³/mol. The number of aliphatic imine (C=N–C) groups is 1. The average molecular weight is 496 g/mol. The number of alkyl halides is 2. The molecule has 144 valence electrons. The molecule has 0 saturated carbocycles. The quantitative estimate of drug-likeness (QED) is 0.356. The van der Waals surface area contributed by atoms with Gasteiger partial charge in [-0.1, -0.05) is 19.1 Å². The van der Waals surface area contributed by atoms with Crippen LogP contribution in [0.5, 0.6) is 5.75 Å². The lowest BCUT2D eigenvalue weighted by Gasteiger charge is -2.22. The zero-order valence-electron chi connectivity index (χ0n) is 14.9. The van der Waals surface area contributed by atoms with Crippen molar-refractivity contribution < 1.29 is 13.5 Å². The molecule has 2 aromatic rings. The van der Waals surface area contributed by atoms with E-state index in [9.17, 15) is 8.78 Å². The highest BCUT2D eigenvalue weighted by atomic mass is 127. The van der Waals surface area contributed by atoms with Crippen LogP contribution in [-0.2, 0) is 19.5 Å². The summed E-state index contributed by atoms with van der Waals surface area (Å²) in [7, 11) is 3.63. The number of ether oxygens (including phenoxy) is 1. The summed E-state index contributed by atoms with van der Waals surface area (Å²) in [5.74, 6) is 0.887. The summed E-state index contributed by atoms with van der Waals surface area (Å²) in [5, 5.41) is 6.44. The standard InChI is InChI=1S/C17H22F2N4OS.HI/c1-4-15-22-13(11-25-15)9-21-17(20-2)23(3)10-12-5-7-14(8-6-12)24-16(18)19;/h5-8,11,16H,4,9-10H2,1-3H3,(H,20,21);1H. The van der Waals surface area contributed by atoms with Crippen LogP contribution in [0.15, 0.2) is 34.6 Å². The summed E-state index contributed by atoms with van der Waals surface area (Å²) in [6.07, 6.45) is 0.935. The minimum atomic E-state index is -2.81. The summed E-state index contributed by atoms with van der Waals surface area (Å²) in [6.45, 7) is 0.469. The van der Waals surface area contributed by atoms with Gasteiger partial charge >= 0.3 is 6.61 Å². The van der Waals surface area contributed by atoms with Crippen molar-refractivity contribution in [1.29, 1.82) is 0 Å². The molecule has 2 rings (SSSR count). The molecule has 1 N–H and O–H groups in total. The second-order valence-electron chi connectivity index (χ2n) is 5.37. The van der Waals surface area contributed by atoms with Crippen molar-refractivity contribution in [1.82, 2.24) is 15.2 Å². The van der Waals surface area contributed by atoms with Gasteiger partial charge in [0.05, 0.1) is 17.2 Å². The van der Waals surface area contributed by atoms with Crippen molar-refractivity contribution in [3.05, 3.63) is 45.9 Å². The molecule has 0 saturated heterocycles. The van der Waals surface area contributed by atoms with Crippen LogP contribution in [0.25, 0.3) is 0 Å². The molecular formula is C17H23F2IN4OS. The van der Waals surface area contributed by atoms with E-state index in [1.807, 2.05) is 17.3 Å². The van der Waals surface area contributed by atoms with Gasteiger partial charge in [0.1, 0.15) is 5.75 Å². The first kappa shape index (κ1) is 22.6. The van der Waals surface area contributed by atoms with E-state index in [-0.39, 0.29) is 29.7 Å². The Bertz CT molecular complexity index is 694. The van der Waals surface area contributed by atoms with Gasteiger partial charge in [0, 0.05) is 26.0 Å². The molecule has 0 aliphatic rings. The maximum Gasteiger partial charge on any atom is 0.387 e. The zero-order chi connectivity index (χ0) is 18.2. The third kappa shape index (κ3) is 7.02. The highest BCUT2D eigenvalue weighted by molar-refractivity contribution is 14.0. The number of aromatic nitrogens is 1. The maximum absolute atomic E-state index is 12.2. The number of thiazole rings is 1. The summed E-state index contributed by atoms with van der Waals surface area (Å²) < 4.78 is 28.7. The molecule has 1 aromatic heterocycles. The third-order valence-electron chi connectivity index (χ3n) is 3.47. The van der Waals surface area contributed by atoms with Crippen LogP contribution in [0.1, 0.15) is 23.2 Å². The highest BCUT2D eigenvalue weighted by Crippen LogP contribution is 2.16. The normalized spacial score (nSPS) is 11.2. The Hall–Kier alpha value is -1.49. The molecule has 1 heterocycles.